The molecular weight excluding hydrogens is 264 g/mol. The van der Waals surface area contributed by atoms with Crippen LogP contribution in [0.2, 0.25) is 0 Å². The fourth-order valence-electron chi connectivity index (χ4n) is 1.67. The van der Waals surface area contributed by atoms with Gasteiger partial charge >= 0.3 is 11.9 Å². The molecule has 1 amide bonds. The monoisotopic (exact) mass is 288 g/mol. The largest absolute Gasteiger partial charge is 0.481 e. The third kappa shape index (κ3) is 7.73. The minimum atomic E-state index is -1.08. The lowest BCUT2D eigenvalue weighted by molar-refractivity contribution is -0.145. The highest BCUT2D eigenvalue weighted by Crippen LogP contribution is 2.02. The van der Waals surface area contributed by atoms with E-state index in [1.165, 1.54) is 11.8 Å². The van der Waals surface area contributed by atoms with Crippen molar-refractivity contribution in [2.24, 2.45) is 5.92 Å². The van der Waals surface area contributed by atoms with Crippen molar-refractivity contribution in [1.29, 1.82) is 0 Å². The average Bonchev–Trinajstić information content (AvgIpc) is 2.34. The zero-order valence-electron chi connectivity index (χ0n) is 12.3. The van der Waals surface area contributed by atoms with Crippen LogP contribution >= 0.6 is 0 Å². The first kappa shape index (κ1) is 18.4. The van der Waals surface area contributed by atoms with E-state index in [-0.39, 0.29) is 25.5 Å². The van der Waals surface area contributed by atoms with Gasteiger partial charge in [-0.25, -0.2) is 0 Å². The lowest BCUT2D eigenvalue weighted by atomic mass is 10.1. The summed E-state index contributed by atoms with van der Waals surface area (Å²) in [5, 5.41) is 17.7. The number of carboxylic acid groups (broad SMARTS) is 2. The molecule has 0 fully saturated rings. The van der Waals surface area contributed by atoms with Crippen LogP contribution in [0.4, 0.5) is 0 Å². The second-order valence-electron chi connectivity index (χ2n) is 4.97. The van der Waals surface area contributed by atoms with E-state index in [1.807, 2.05) is 6.92 Å². The molecular formula is C13H24N2O5. The van der Waals surface area contributed by atoms with Gasteiger partial charge in [0.05, 0.1) is 19.0 Å². The molecule has 0 aromatic rings. The number of carboxylic acids is 2. The summed E-state index contributed by atoms with van der Waals surface area (Å²) >= 11 is 0. The summed E-state index contributed by atoms with van der Waals surface area (Å²) in [5.41, 5.74) is 0. The van der Waals surface area contributed by atoms with Gasteiger partial charge in [-0.2, -0.15) is 0 Å². The smallest absolute Gasteiger partial charge is 0.317 e. The van der Waals surface area contributed by atoms with E-state index in [1.54, 1.807) is 11.9 Å². The maximum Gasteiger partial charge on any atom is 0.317 e. The van der Waals surface area contributed by atoms with Crippen LogP contribution in [0.5, 0.6) is 0 Å². The molecule has 0 spiro atoms. The number of unbranched alkanes of at least 4 members (excludes halogenated alkanes) is 1. The molecule has 0 rings (SSSR count). The van der Waals surface area contributed by atoms with Crippen molar-refractivity contribution in [3.8, 4) is 0 Å². The molecule has 7 heteroatoms. The maximum absolute atomic E-state index is 11.9. The summed E-state index contributed by atoms with van der Waals surface area (Å²) < 4.78 is 0. The number of rotatable bonds is 10. The summed E-state index contributed by atoms with van der Waals surface area (Å²) in [4.78, 5) is 36.4. The van der Waals surface area contributed by atoms with Crippen LogP contribution in [0, 0.1) is 5.92 Å². The van der Waals surface area contributed by atoms with Crippen molar-refractivity contribution < 1.29 is 24.6 Å². The Labute approximate surface area is 119 Å². The Bertz CT molecular complexity index is 346. The van der Waals surface area contributed by atoms with Gasteiger partial charge in [0.1, 0.15) is 0 Å². The Hall–Kier alpha value is -1.63. The molecule has 0 radical (unpaired) electrons. The van der Waals surface area contributed by atoms with Crippen LogP contribution in [-0.4, -0.2) is 71.1 Å². The molecule has 1 unspecified atom stereocenters. The number of hydrogen-bond donors (Lipinski definition) is 2. The molecule has 20 heavy (non-hydrogen) atoms. The first-order valence-electron chi connectivity index (χ1n) is 6.68. The number of aliphatic carboxylic acids is 2. The summed E-state index contributed by atoms with van der Waals surface area (Å²) in [6.07, 6.45) is 1.85. The lowest BCUT2D eigenvalue weighted by Crippen LogP contribution is -2.43. The number of amides is 1. The predicted octanol–water partition coefficient (Wildman–Crippen LogP) is 0.352. The molecule has 0 aliphatic rings. The van der Waals surface area contributed by atoms with E-state index >= 15 is 0 Å². The zero-order chi connectivity index (χ0) is 15.7. The Morgan fingerprint density at radius 2 is 1.75 bits per heavy atom. The minimum Gasteiger partial charge on any atom is -0.481 e. The fourth-order valence-corrected chi connectivity index (χ4v) is 1.67. The number of nitrogens with zero attached hydrogens (tertiary/aromatic N) is 2. The van der Waals surface area contributed by atoms with Gasteiger partial charge in [0.2, 0.25) is 5.91 Å². The molecule has 7 nitrogen and oxygen atoms in total. The molecule has 2 N–H and O–H groups in total. The molecule has 0 aliphatic heterocycles. The molecule has 1 atom stereocenters. The van der Waals surface area contributed by atoms with E-state index in [0.29, 0.717) is 6.54 Å². The molecule has 0 saturated heterocycles. The summed E-state index contributed by atoms with van der Waals surface area (Å²) in [6, 6.07) is 0. The van der Waals surface area contributed by atoms with Crippen molar-refractivity contribution in [3.05, 3.63) is 0 Å². The molecule has 0 aliphatic carbocycles. The summed E-state index contributed by atoms with van der Waals surface area (Å²) in [6.45, 7) is 3.74. The summed E-state index contributed by atoms with van der Waals surface area (Å²) in [5.74, 6) is -3.00. The molecule has 0 aromatic carbocycles. The number of carbonyl (C=O) groups excluding carboxylic acids is 1. The van der Waals surface area contributed by atoms with Gasteiger partial charge in [0.25, 0.3) is 0 Å². The van der Waals surface area contributed by atoms with Crippen molar-refractivity contribution in [2.45, 2.75) is 26.7 Å². The van der Waals surface area contributed by atoms with Crippen LogP contribution in [0.1, 0.15) is 26.7 Å². The second-order valence-corrected chi connectivity index (χ2v) is 4.97. The standard InChI is InChI=1S/C13H24N2O5/c1-4-5-6-14(3)11(16)8-15(9-12(17)18)7-10(2)13(19)20/h10H,4-9H2,1-3H3,(H,17,18)(H,19,20). The first-order chi connectivity index (χ1) is 9.27. The normalized spacial score (nSPS) is 12.2. The van der Waals surface area contributed by atoms with Gasteiger partial charge in [-0.15, -0.1) is 0 Å². The van der Waals surface area contributed by atoms with E-state index < -0.39 is 17.9 Å². The van der Waals surface area contributed by atoms with Gasteiger partial charge in [-0.05, 0) is 6.42 Å². The minimum absolute atomic E-state index is 0.0367. The third-order valence-electron chi connectivity index (χ3n) is 2.94. The average molecular weight is 288 g/mol. The van der Waals surface area contributed by atoms with E-state index in [2.05, 4.69) is 0 Å². The molecule has 0 saturated carbocycles. The fraction of sp³-hybridized carbons (Fsp3) is 0.769. The number of likely N-dealkylation sites (N-methyl/N-ethyl adjacent to an activating group) is 1. The van der Waals surface area contributed by atoms with Gasteiger partial charge in [-0.1, -0.05) is 20.3 Å². The quantitative estimate of drug-likeness (QED) is 0.602. The third-order valence-corrected chi connectivity index (χ3v) is 2.94. The second kappa shape index (κ2) is 9.30. The number of carbonyl (C=O) groups is 3. The number of hydrogen-bond acceptors (Lipinski definition) is 4. The molecule has 0 aromatic heterocycles. The van der Waals surface area contributed by atoms with Gasteiger partial charge in [-0.3, -0.25) is 19.3 Å². The highest BCUT2D eigenvalue weighted by Gasteiger charge is 2.21. The van der Waals surface area contributed by atoms with Crippen LogP contribution in [0.3, 0.4) is 0 Å². The van der Waals surface area contributed by atoms with E-state index in [4.69, 9.17) is 10.2 Å². The van der Waals surface area contributed by atoms with Crippen molar-refractivity contribution in [3.63, 3.8) is 0 Å². The predicted molar refractivity (Wildman–Crippen MR) is 73.4 cm³/mol. The maximum atomic E-state index is 11.9. The topological polar surface area (TPSA) is 98.2 Å². The summed E-state index contributed by atoms with van der Waals surface area (Å²) in [7, 11) is 1.66. The molecule has 0 bridgehead atoms. The zero-order valence-corrected chi connectivity index (χ0v) is 12.3. The van der Waals surface area contributed by atoms with Gasteiger partial charge in [0.15, 0.2) is 0 Å². The first-order valence-corrected chi connectivity index (χ1v) is 6.68. The molecule has 0 heterocycles. The SMILES string of the molecule is CCCCN(C)C(=O)CN(CC(=O)O)CC(C)C(=O)O. The van der Waals surface area contributed by atoms with Crippen molar-refractivity contribution in [2.75, 3.05) is 33.2 Å². The van der Waals surface area contributed by atoms with Crippen LogP contribution in [-0.2, 0) is 14.4 Å². The van der Waals surface area contributed by atoms with Gasteiger partial charge in [0, 0.05) is 20.1 Å². The van der Waals surface area contributed by atoms with E-state index in [9.17, 15) is 14.4 Å². The Morgan fingerprint density at radius 1 is 1.15 bits per heavy atom. The van der Waals surface area contributed by atoms with Crippen molar-refractivity contribution >= 4 is 17.8 Å². The van der Waals surface area contributed by atoms with Crippen LogP contribution < -0.4 is 0 Å². The molecule has 116 valence electrons. The van der Waals surface area contributed by atoms with E-state index in [0.717, 1.165) is 12.8 Å². The van der Waals surface area contributed by atoms with Crippen molar-refractivity contribution in [1.82, 2.24) is 9.80 Å². The Morgan fingerprint density at radius 3 is 2.20 bits per heavy atom. The highest BCUT2D eigenvalue weighted by molar-refractivity contribution is 5.79. The Balaban J connectivity index is 4.51. The lowest BCUT2D eigenvalue weighted by Gasteiger charge is -2.25. The van der Waals surface area contributed by atoms with Crippen LogP contribution in [0.15, 0.2) is 0 Å². The van der Waals surface area contributed by atoms with Crippen LogP contribution in [0.25, 0.3) is 0 Å². The van der Waals surface area contributed by atoms with Gasteiger partial charge < -0.3 is 15.1 Å². The highest BCUT2D eigenvalue weighted by atomic mass is 16.4. The Kier molecular flexibility index (Phi) is 8.54.